The summed E-state index contributed by atoms with van der Waals surface area (Å²) in [5.41, 5.74) is 2.05. The number of fused-ring (bicyclic) bond motifs is 1. The molecule has 4 nitrogen and oxygen atoms in total. The van der Waals surface area contributed by atoms with Crippen molar-refractivity contribution in [3.05, 3.63) is 46.2 Å². The number of nitrogens with one attached hydrogen (secondary N) is 1. The van der Waals surface area contributed by atoms with Gasteiger partial charge in [-0.15, -0.1) is 12.4 Å². The van der Waals surface area contributed by atoms with Crippen LogP contribution in [0, 0.1) is 0 Å². The number of aromatic nitrogens is 1. The predicted octanol–water partition coefficient (Wildman–Crippen LogP) is 1.70. The van der Waals surface area contributed by atoms with Crippen molar-refractivity contribution < 1.29 is 0 Å². The maximum absolute atomic E-state index is 12.0. The fraction of sp³-hybridized carbons (Fsp3) is 0.400. The van der Waals surface area contributed by atoms with Crippen LogP contribution in [0.25, 0.3) is 10.9 Å². The molecule has 1 aromatic heterocycles. The number of piperazine rings is 1. The SMILES string of the molecule is CN1CCN(Cc2cc(=O)c3ccccc3[nH]2)CC1.Cl. The van der Waals surface area contributed by atoms with Crippen molar-refractivity contribution in [1.82, 2.24) is 14.8 Å². The molecule has 2 aromatic rings. The Morgan fingerprint density at radius 3 is 2.60 bits per heavy atom. The summed E-state index contributed by atoms with van der Waals surface area (Å²) in [6.45, 7) is 5.14. The van der Waals surface area contributed by atoms with E-state index in [0.717, 1.165) is 49.3 Å². The Balaban J connectivity index is 0.00000147. The number of likely N-dealkylation sites (N-methyl/N-ethyl adjacent to an activating group) is 1. The van der Waals surface area contributed by atoms with Crippen LogP contribution in [0.5, 0.6) is 0 Å². The van der Waals surface area contributed by atoms with Crippen LogP contribution in [0.1, 0.15) is 5.69 Å². The number of nitrogens with zero attached hydrogens (tertiary/aromatic N) is 2. The molecule has 1 fully saturated rings. The molecule has 0 radical (unpaired) electrons. The van der Waals surface area contributed by atoms with Crippen molar-refractivity contribution in [2.24, 2.45) is 0 Å². The minimum Gasteiger partial charge on any atom is -0.357 e. The lowest BCUT2D eigenvalue weighted by molar-refractivity contribution is 0.147. The fourth-order valence-corrected chi connectivity index (χ4v) is 2.58. The highest BCUT2D eigenvalue weighted by atomic mass is 35.5. The van der Waals surface area contributed by atoms with Gasteiger partial charge in [0.25, 0.3) is 0 Å². The summed E-state index contributed by atoms with van der Waals surface area (Å²) in [6.07, 6.45) is 0. The van der Waals surface area contributed by atoms with Gasteiger partial charge in [-0.1, -0.05) is 12.1 Å². The van der Waals surface area contributed by atoms with Gasteiger partial charge in [-0.2, -0.15) is 0 Å². The molecule has 1 N–H and O–H groups in total. The summed E-state index contributed by atoms with van der Waals surface area (Å²) >= 11 is 0. The number of para-hydroxylation sites is 1. The molecule has 0 saturated carbocycles. The lowest BCUT2D eigenvalue weighted by Gasteiger charge is -2.32. The van der Waals surface area contributed by atoms with E-state index in [0.29, 0.717) is 0 Å². The van der Waals surface area contributed by atoms with Gasteiger partial charge in [0.1, 0.15) is 0 Å². The molecule has 108 valence electrons. The minimum atomic E-state index is 0. The number of halogens is 1. The highest BCUT2D eigenvalue weighted by Gasteiger charge is 2.14. The second-order valence-electron chi connectivity index (χ2n) is 5.28. The van der Waals surface area contributed by atoms with Crippen LogP contribution in [-0.2, 0) is 6.54 Å². The van der Waals surface area contributed by atoms with Crippen LogP contribution < -0.4 is 5.43 Å². The Bertz CT molecular complexity index is 632. The van der Waals surface area contributed by atoms with Gasteiger partial charge in [0.2, 0.25) is 0 Å². The Morgan fingerprint density at radius 2 is 1.85 bits per heavy atom. The zero-order valence-electron chi connectivity index (χ0n) is 11.6. The van der Waals surface area contributed by atoms with E-state index >= 15 is 0 Å². The normalized spacial score (nSPS) is 17.1. The largest absolute Gasteiger partial charge is 0.357 e. The van der Waals surface area contributed by atoms with Gasteiger partial charge in [0, 0.05) is 55.4 Å². The van der Waals surface area contributed by atoms with E-state index in [1.54, 1.807) is 6.07 Å². The molecule has 1 saturated heterocycles. The number of pyridine rings is 1. The summed E-state index contributed by atoms with van der Waals surface area (Å²) in [4.78, 5) is 20.1. The number of aromatic amines is 1. The van der Waals surface area contributed by atoms with E-state index < -0.39 is 0 Å². The summed E-state index contributed by atoms with van der Waals surface area (Å²) in [5.74, 6) is 0. The van der Waals surface area contributed by atoms with Crippen LogP contribution in [-0.4, -0.2) is 48.0 Å². The van der Waals surface area contributed by atoms with E-state index in [2.05, 4.69) is 21.8 Å². The molecule has 0 unspecified atom stereocenters. The Morgan fingerprint density at radius 1 is 1.15 bits per heavy atom. The topological polar surface area (TPSA) is 39.3 Å². The third kappa shape index (κ3) is 3.20. The van der Waals surface area contributed by atoms with Crippen LogP contribution >= 0.6 is 12.4 Å². The zero-order chi connectivity index (χ0) is 13.2. The van der Waals surface area contributed by atoms with Crippen LogP contribution in [0.3, 0.4) is 0 Å². The van der Waals surface area contributed by atoms with Crippen molar-refractivity contribution in [1.29, 1.82) is 0 Å². The first kappa shape index (κ1) is 15.0. The van der Waals surface area contributed by atoms with Crippen molar-refractivity contribution in [3.63, 3.8) is 0 Å². The maximum atomic E-state index is 12.0. The number of benzene rings is 1. The first-order chi connectivity index (χ1) is 9.22. The molecule has 5 heteroatoms. The lowest BCUT2D eigenvalue weighted by atomic mass is 10.2. The molecule has 0 amide bonds. The van der Waals surface area contributed by atoms with Gasteiger partial charge in [-0.25, -0.2) is 0 Å². The minimum absolute atomic E-state index is 0. The molecule has 2 heterocycles. The smallest absolute Gasteiger partial charge is 0.189 e. The zero-order valence-corrected chi connectivity index (χ0v) is 12.4. The summed E-state index contributed by atoms with van der Waals surface area (Å²) in [6, 6.07) is 9.42. The van der Waals surface area contributed by atoms with Crippen LogP contribution in [0.2, 0.25) is 0 Å². The van der Waals surface area contributed by atoms with E-state index in [1.807, 2.05) is 24.3 Å². The molecule has 0 atom stereocenters. The maximum Gasteiger partial charge on any atom is 0.189 e. The van der Waals surface area contributed by atoms with Gasteiger partial charge in [0.05, 0.1) is 0 Å². The van der Waals surface area contributed by atoms with Crippen LogP contribution in [0.15, 0.2) is 35.1 Å². The van der Waals surface area contributed by atoms with Crippen molar-refractivity contribution >= 4 is 23.3 Å². The van der Waals surface area contributed by atoms with Crippen LogP contribution in [0.4, 0.5) is 0 Å². The summed E-state index contributed by atoms with van der Waals surface area (Å²) in [5, 5.41) is 0.768. The number of rotatable bonds is 2. The monoisotopic (exact) mass is 293 g/mol. The molecule has 0 aliphatic carbocycles. The fourth-order valence-electron chi connectivity index (χ4n) is 2.58. The Kier molecular flexibility index (Phi) is 4.81. The standard InChI is InChI=1S/C15H19N3O.ClH/c1-17-6-8-18(9-7-17)11-12-10-15(19)13-4-2-3-5-14(13)16-12;/h2-5,10H,6-9,11H2,1H3,(H,16,19);1H. The molecular formula is C15H20ClN3O. The van der Waals surface area contributed by atoms with E-state index in [9.17, 15) is 4.79 Å². The number of hydrogen-bond donors (Lipinski definition) is 1. The lowest BCUT2D eigenvalue weighted by Crippen LogP contribution is -2.44. The Hall–Kier alpha value is -1.36. The Labute approximate surface area is 124 Å². The molecule has 20 heavy (non-hydrogen) atoms. The molecule has 0 spiro atoms. The highest BCUT2D eigenvalue weighted by Crippen LogP contribution is 2.10. The predicted molar refractivity (Wildman–Crippen MR) is 84.6 cm³/mol. The van der Waals surface area contributed by atoms with Gasteiger partial charge < -0.3 is 9.88 Å². The molecule has 3 rings (SSSR count). The quantitative estimate of drug-likeness (QED) is 0.916. The molecule has 1 aromatic carbocycles. The highest BCUT2D eigenvalue weighted by molar-refractivity contribution is 5.85. The average molecular weight is 294 g/mol. The molecule has 1 aliphatic rings. The van der Waals surface area contributed by atoms with Gasteiger partial charge in [-0.3, -0.25) is 9.69 Å². The average Bonchev–Trinajstić information content (AvgIpc) is 2.42. The van der Waals surface area contributed by atoms with Gasteiger partial charge >= 0.3 is 0 Å². The van der Waals surface area contributed by atoms with Crippen molar-refractivity contribution in [2.75, 3.05) is 33.2 Å². The van der Waals surface area contributed by atoms with E-state index in [1.165, 1.54) is 0 Å². The first-order valence-electron chi connectivity index (χ1n) is 6.74. The third-order valence-electron chi connectivity index (χ3n) is 3.78. The van der Waals surface area contributed by atoms with E-state index in [4.69, 9.17) is 0 Å². The van der Waals surface area contributed by atoms with Gasteiger partial charge in [0.15, 0.2) is 5.43 Å². The summed E-state index contributed by atoms with van der Waals surface area (Å²) in [7, 11) is 2.15. The van der Waals surface area contributed by atoms with Gasteiger partial charge in [-0.05, 0) is 19.2 Å². The van der Waals surface area contributed by atoms with Crippen molar-refractivity contribution in [3.8, 4) is 0 Å². The summed E-state index contributed by atoms with van der Waals surface area (Å²) < 4.78 is 0. The number of hydrogen-bond acceptors (Lipinski definition) is 3. The molecular weight excluding hydrogens is 274 g/mol. The second-order valence-corrected chi connectivity index (χ2v) is 5.28. The second kappa shape index (κ2) is 6.39. The molecule has 0 bridgehead atoms. The first-order valence-corrected chi connectivity index (χ1v) is 6.74. The molecule has 1 aliphatic heterocycles. The number of H-pyrrole nitrogens is 1. The van der Waals surface area contributed by atoms with Crippen molar-refractivity contribution in [2.45, 2.75) is 6.54 Å². The third-order valence-corrected chi connectivity index (χ3v) is 3.78. The van der Waals surface area contributed by atoms with E-state index in [-0.39, 0.29) is 17.8 Å².